The molecule has 1 unspecified atom stereocenters. The number of carbonyl (C=O) groups is 1. The number of benzene rings is 1. The van der Waals surface area contributed by atoms with Gasteiger partial charge in [0.1, 0.15) is 12.4 Å². The van der Waals surface area contributed by atoms with Gasteiger partial charge in [-0.1, -0.05) is 27.5 Å². The quantitative estimate of drug-likeness (QED) is 0.671. The Morgan fingerprint density at radius 2 is 2.12 bits per heavy atom. The van der Waals surface area contributed by atoms with Gasteiger partial charge in [0.25, 0.3) is 0 Å². The van der Waals surface area contributed by atoms with E-state index in [4.69, 9.17) is 16.3 Å². The number of amides is 1. The number of hydrogen-bond acceptors (Lipinski definition) is 2. The second-order valence-corrected chi connectivity index (χ2v) is 5.02. The Hall–Kier alpha value is -0.740. The number of alkyl halides is 1. The van der Waals surface area contributed by atoms with Gasteiger partial charge >= 0.3 is 0 Å². The molecular weight excluding hydrogens is 293 g/mol. The van der Waals surface area contributed by atoms with Gasteiger partial charge in [0, 0.05) is 5.02 Å². The molecular formula is C11H13BrClNO2. The molecule has 1 atom stereocenters. The van der Waals surface area contributed by atoms with Crippen molar-refractivity contribution < 1.29 is 9.53 Å². The average molecular weight is 307 g/mol. The zero-order valence-corrected chi connectivity index (χ0v) is 11.2. The summed E-state index contributed by atoms with van der Waals surface area (Å²) < 4.78 is 5.40. The number of ether oxygens (including phenoxy) is 1. The van der Waals surface area contributed by atoms with Crippen molar-refractivity contribution in [3.63, 3.8) is 0 Å². The second-order valence-electron chi connectivity index (χ2n) is 3.21. The van der Waals surface area contributed by atoms with Crippen LogP contribution in [0.25, 0.3) is 0 Å². The van der Waals surface area contributed by atoms with E-state index >= 15 is 0 Å². The Morgan fingerprint density at radius 1 is 1.50 bits per heavy atom. The number of halogens is 2. The van der Waals surface area contributed by atoms with Gasteiger partial charge in [-0.05, 0) is 31.2 Å². The van der Waals surface area contributed by atoms with Crippen LogP contribution in [0.2, 0.25) is 5.02 Å². The lowest BCUT2D eigenvalue weighted by molar-refractivity contribution is -0.120. The molecule has 0 radical (unpaired) electrons. The number of carbonyl (C=O) groups excluding carboxylic acids is 1. The van der Waals surface area contributed by atoms with Gasteiger partial charge in [-0.25, -0.2) is 0 Å². The van der Waals surface area contributed by atoms with Gasteiger partial charge < -0.3 is 10.1 Å². The number of nitrogens with one attached hydrogen (secondary N) is 1. The van der Waals surface area contributed by atoms with Crippen molar-refractivity contribution in [1.29, 1.82) is 0 Å². The summed E-state index contributed by atoms with van der Waals surface area (Å²) in [7, 11) is 0. The molecule has 0 saturated heterocycles. The lowest BCUT2D eigenvalue weighted by Crippen LogP contribution is -2.32. The molecule has 0 aliphatic carbocycles. The first-order valence-corrected chi connectivity index (χ1v) is 6.19. The molecule has 1 aromatic rings. The Bertz CT molecular complexity index is 340. The second kappa shape index (κ2) is 6.76. The average Bonchev–Trinajstić information content (AvgIpc) is 2.26. The molecule has 1 N–H and O–H groups in total. The minimum atomic E-state index is -0.178. The predicted molar refractivity (Wildman–Crippen MR) is 68.3 cm³/mol. The molecule has 0 aromatic heterocycles. The van der Waals surface area contributed by atoms with Crippen LogP contribution in [-0.2, 0) is 4.79 Å². The Labute approximate surface area is 108 Å². The highest BCUT2D eigenvalue weighted by Crippen LogP contribution is 2.15. The molecule has 16 heavy (non-hydrogen) atoms. The monoisotopic (exact) mass is 305 g/mol. The maximum Gasteiger partial charge on any atom is 0.233 e. The van der Waals surface area contributed by atoms with Crippen LogP contribution in [-0.4, -0.2) is 23.9 Å². The summed E-state index contributed by atoms with van der Waals surface area (Å²) in [6, 6.07) is 7.10. The Balaban J connectivity index is 2.21. The van der Waals surface area contributed by atoms with E-state index in [1.54, 1.807) is 31.2 Å². The van der Waals surface area contributed by atoms with Gasteiger partial charge in [-0.15, -0.1) is 0 Å². The van der Waals surface area contributed by atoms with Crippen molar-refractivity contribution in [3.05, 3.63) is 29.3 Å². The molecule has 88 valence electrons. The lowest BCUT2D eigenvalue weighted by atomic mass is 10.3. The minimum Gasteiger partial charge on any atom is -0.492 e. The third-order valence-corrected chi connectivity index (χ3v) is 2.51. The SMILES string of the molecule is CC(Br)C(=O)NCCOc1ccc(Cl)cc1. The van der Waals surface area contributed by atoms with E-state index in [0.717, 1.165) is 5.75 Å². The van der Waals surface area contributed by atoms with Gasteiger partial charge in [0.05, 0.1) is 11.4 Å². The summed E-state index contributed by atoms with van der Waals surface area (Å²) in [6.45, 7) is 2.69. The van der Waals surface area contributed by atoms with Crippen LogP contribution in [0.1, 0.15) is 6.92 Å². The predicted octanol–water partition coefficient (Wildman–Crippen LogP) is 2.62. The van der Waals surface area contributed by atoms with Crippen LogP contribution in [0.3, 0.4) is 0 Å². The van der Waals surface area contributed by atoms with E-state index in [2.05, 4.69) is 21.2 Å². The summed E-state index contributed by atoms with van der Waals surface area (Å²) in [5.41, 5.74) is 0. The molecule has 0 fully saturated rings. The highest BCUT2D eigenvalue weighted by Gasteiger charge is 2.06. The molecule has 0 aliphatic heterocycles. The van der Waals surface area contributed by atoms with Gasteiger partial charge in [-0.2, -0.15) is 0 Å². The maximum atomic E-state index is 11.2. The normalized spacial score (nSPS) is 11.9. The number of hydrogen-bond donors (Lipinski definition) is 1. The van der Waals surface area contributed by atoms with Crippen LogP contribution in [0, 0.1) is 0 Å². The molecule has 1 aromatic carbocycles. The van der Waals surface area contributed by atoms with E-state index in [1.807, 2.05) is 0 Å². The molecule has 0 spiro atoms. The van der Waals surface area contributed by atoms with Crippen molar-refractivity contribution in [2.45, 2.75) is 11.8 Å². The fourth-order valence-electron chi connectivity index (χ4n) is 1.01. The first-order valence-electron chi connectivity index (χ1n) is 4.90. The molecule has 3 nitrogen and oxygen atoms in total. The van der Waals surface area contributed by atoms with Crippen LogP contribution >= 0.6 is 27.5 Å². The van der Waals surface area contributed by atoms with Gasteiger partial charge in [0.2, 0.25) is 5.91 Å². The third kappa shape index (κ3) is 4.86. The lowest BCUT2D eigenvalue weighted by Gasteiger charge is -2.08. The maximum absolute atomic E-state index is 11.2. The first-order chi connectivity index (χ1) is 7.59. The largest absolute Gasteiger partial charge is 0.492 e. The van der Waals surface area contributed by atoms with Crippen molar-refractivity contribution in [3.8, 4) is 5.75 Å². The first kappa shape index (κ1) is 13.3. The Kier molecular flexibility index (Phi) is 5.63. The summed E-state index contributed by atoms with van der Waals surface area (Å²) in [6.07, 6.45) is 0. The van der Waals surface area contributed by atoms with Crippen LogP contribution in [0.4, 0.5) is 0 Å². The zero-order chi connectivity index (χ0) is 12.0. The standard InChI is InChI=1S/C11H13BrClNO2/c1-8(12)11(15)14-6-7-16-10-4-2-9(13)3-5-10/h2-5,8H,6-7H2,1H3,(H,14,15). The summed E-state index contributed by atoms with van der Waals surface area (Å²) in [5.74, 6) is 0.699. The van der Waals surface area contributed by atoms with Crippen LogP contribution in [0.5, 0.6) is 5.75 Å². The van der Waals surface area contributed by atoms with E-state index in [0.29, 0.717) is 18.2 Å². The molecule has 1 amide bonds. The van der Waals surface area contributed by atoms with E-state index < -0.39 is 0 Å². The molecule has 0 heterocycles. The molecule has 0 aliphatic rings. The highest BCUT2D eigenvalue weighted by atomic mass is 79.9. The summed E-state index contributed by atoms with van der Waals surface area (Å²) in [5, 5.41) is 3.40. The van der Waals surface area contributed by atoms with Gasteiger partial charge in [-0.3, -0.25) is 4.79 Å². The fourth-order valence-corrected chi connectivity index (χ4v) is 1.30. The fraction of sp³-hybridized carbons (Fsp3) is 0.364. The molecule has 1 rings (SSSR count). The van der Waals surface area contributed by atoms with E-state index in [1.165, 1.54) is 0 Å². The molecule has 5 heteroatoms. The van der Waals surface area contributed by atoms with Crippen LogP contribution in [0.15, 0.2) is 24.3 Å². The number of rotatable bonds is 5. The van der Waals surface area contributed by atoms with Crippen molar-refractivity contribution in [2.24, 2.45) is 0 Å². The molecule has 0 bridgehead atoms. The van der Waals surface area contributed by atoms with E-state index in [-0.39, 0.29) is 10.7 Å². The molecule has 0 saturated carbocycles. The minimum absolute atomic E-state index is 0.0419. The van der Waals surface area contributed by atoms with Crippen LogP contribution < -0.4 is 10.1 Å². The van der Waals surface area contributed by atoms with Crippen molar-refractivity contribution in [2.75, 3.05) is 13.2 Å². The zero-order valence-electron chi connectivity index (χ0n) is 8.87. The topological polar surface area (TPSA) is 38.3 Å². The Morgan fingerprint density at radius 3 is 2.69 bits per heavy atom. The van der Waals surface area contributed by atoms with Gasteiger partial charge in [0.15, 0.2) is 0 Å². The summed E-state index contributed by atoms with van der Waals surface area (Å²) in [4.78, 5) is 11.0. The van der Waals surface area contributed by atoms with Crippen molar-refractivity contribution in [1.82, 2.24) is 5.32 Å². The highest BCUT2D eigenvalue weighted by molar-refractivity contribution is 9.10. The van der Waals surface area contributed by atoms with Crippen molar-refractivity contribution >= 4 is 33.4 Å². The third-order valence-electron chi connectivity index (χ3n) is 1.84. The summed E-state index contributed by atoms with van der Waals surface area (Å²) >= 11 is 8.91. The smallest absolute Gasteiger partial charge is 0.233 e. The van der Waals surface area contributed by atoms with E-state index in [9.17, 15) is 4.79 Å².